The fourth-order valence-corrected chi connectivity index (χ4v) is 2.00. The van der Waals surface area contributed by atoms with Gasteiger partial charge in [0.15, 0.2) is 0 Å². The average Bonchev–Trinajstić information content (AvgIpc) is 2.89. The van der Waals surface area contributed by atoms with Gasteiger partial charge in [-0.1, -0.05) is 18.7 Å². The van der Waals surface area contributed by atoms with Crippen LogP contribution in [0.5, 0.6) is 0 Å². The average molecular weight is 175 g/mol. The van der Waals surface area contributed by atoms with Crippen molar-refractivity contribution in [2.24, 2.45) is 5.41 Å². The van der Waals surface area contributed by atoms with Gasteiger partial charge >= 0.3 is 0 Å². The summed E-state index contributed by atoms with van der Waals surface area (Å²) >= 11 is 0. The van der Waals surface area contributed by atoms with Gasteiger partial charge < -0.3 is 5.32 Å². The van der Waals surface area contributed by atoms with E-state index < -0.39 is 0 Å². The van der Waals surface area contributed by atoms with Crippen molar-refractivity contribution in [2.45, 2.75) is 26.2 Å². The molecule has 1 fully saturated rings. The predicted molar refractivity (Wildman–Crippen MR) is 56.3 cm³/mol. The highest BCUT2D eigenvalue weighted by Crippen LogP contribution is 2.52. The molecule has 0 amide bonds. The molecule has 1 nitrogen and oxygen atoms in total. The van der Waals surface area contributed by atoms with Crippen LogP contribution in [0.25, 0.3) is 0 Å². The van der Waals surface area contributed by atoms with Crippen molar-refractivity contribution >= 4 is 0 Å². The number of rotatable bonds is 2. The lowest BCUT2D eigenvalue weighted by Gasteiger charge is -2.26. The maximum Gasteiger partial charge on any atom is 0.0369 e. The van der Waals surface area contributed by atoms with Crippen LogP contribution in [0.2, 0.25) is 0 Å². The molecule has 0 atom stereocenters. The van der Waals surface area contributed by atoms with E-state index in [1.807, 2.05) is 6.08 Å². The highest BCUT2D eigenvalue weighted by atomic mass is 14.9. The number of allylic oxidation sites excluding steroid dienone is 4. The second kappa shape index (κ2) is 3.06. The SMILES string of the molecule is C=CC1=C(/C=C\C)NCC2(CC2)C1. The van der Waals surface area contributed by atoms with Crippen LogP contribution in [0, 0.1) is 5.41 Å². The molecule has 0 unspecified atom stereocenters. The molecule has 1 heteroatoms. The lowest BCUT2D eigenvalue weighted by molar-refractivity contribution is 0.456. The lowest BCUT2D eigenvalue weighted by atomic mass is 9.91. The molecule has 2 aliphatic rings. The van der Waals surface area contributed by atoms with Gasteiger partial charge in [-0.05, 0) is 43.3 Å². The third-order valence-electron chi connectivity index (χ3n) is 3.10. The highest BCUT2D eigenvalue weighted by Gasteiger charge is 2.44. The zero-order valence-corrected chi connectivity index (χ0v) is 8.27. The molecule has 1 N–H and O–H groups in total. The predicted octanol–water partition coefficient (Wildman–Crippen LogP) is 2.78. The third kappa shape index (κ3) is 1.55. The van der Waals surface area contributed by atoms with Crippen LogP contribution in [-0.4, -0.2) is 6.54 Å². The summed E-state index contributed by atoms with van der Waals surface area (Å²) in [5.41, 5.74) is 3.27. The van der Waals surface area contributed by atoms with Crippen LogP contribution in [0.3, 0.4) is 0 Å². The molecular formula is C12H17N. The monoisotopic (exact) mass is 175 g/mol. The summed E-state index contributed by atoms with van der Waals surface area (Å²) in [5, 5.41) is 3.50. The van der Waals surface area contributed by atoms with Gasteiger partial charge in [-0.15, -0.1) is 0 Å². The summed E-state index contributed by atoms with van der Waals surface area (Å²) in [5.74, 6) is 0. The Morgan fingerprint density at radius 3 is 2.77 bits per heavy atom. The van der Waals surface area contributed by atoms with Crippen molar-refractivity contribution < 1.29 is 0 Å². The number of nitrogens with one attached hydrogen (secondary N) is 1. The van der Waals surface area contributed by atoms with Gasteiger partial charge in [0.2, 0.25) is 0 Å². The van der Waals surface area contributed by atoms with Crippen LogP contribution in [0.1, 0.15) is 26.2 Å². The molecule has 1 spiro atoms. The largest absolute Gasteiger partial charge is 0.384 e. The van der Waals surface area contributed by atoms with Crippen molar-refractivity contribution in [3.8, 4) is 0 Å². The van der Waals surface area contributed by atoms with Crippen molar-refractivity contribution in [2.75, 3.05) is 6.54 Å². The fourth-order valence-electron chi connectivity index (χ4n) is 2.00. The molecule has 0 aromatic heterocycles. The summed E-state index contributed by atoms with van der Waals surface area (Å²) < 4.78 is 0. The third-order valence-corrected chi connectivity index (χ3v) is 3.10. The first-order chi connectivity index (χ1) is 6.29. The van der Waals surface area contributed by atoms with Crippen LogP contribution in [0.15, 0.2) is 36.1 Å². The number of hydrogen-bond acceptors (Lipinski definition) is 1. The van der Waals surface area contributed by atoms with Crippen LogP contribution >= 0.6 is 0 Å². The van der Waals surface area contributed by atoms with Crippen molar-refractivity contribution in [1.82, 2.24) is 5.32 Å². The maximum atomic E-state index is 3.88. The minimum Gasteiger partial charge on any atom is -0.384 e. The van der Waals surface area contributed by atoms with Gasteiger partial charge in [0.1, 0.15) is 0 Å². The van der Waals surface area contributed by atoms with E-state index in [0.29, 0.717) is 5.41 Å². The summed E-state index contributed by atoms with van der Waals surface area (Å²) in [6.45, 7) is 7.09. The molecular weight excluding hydrogens is 158 g/mol. The molecule has 2 rings (SSSR count). The Bertz CT molecular complexity index is 279. The Morgan fingerprint density at radius 2 is 2.23 bits per heavy atom. The quantitative estimate of drug-likeness (QED) is 0.680. The van der Waals surface area contributed by atoms with Crippen molar-refractivity contribution in [3.05, 3.63) is 36.1 Å². The molecule has 0 bridgehead atoms. The van der Waals surface area contributed by atoms with Gasteiger partial charge in [-0.2, -0.15) is 0 Å². The first kappa shape index (κ1) is 8.61. The van der Waals surface area contributed by atoms with E-state index in [2.05, 4.69) is 31.0 Å². The van der Waals surface area contributed by atoms with Crippen LogP contribution in [0.4, 0.5) is 0 Å². The first-order valence-electron chi connectivity index (χ1n) is 5.02. The van der Waals surface area contributed by atoms with Crippen molar-refractivity contribution in [3.63, 3.8) is 0 Å². The summed E-state index contributed by atoms with van der Waals surface area (Å²) in [4.78, 5) is 0. The second-order valence-electron chi connectivity index (χ2n) is 4.17. The second-order valence-corrected chi connectivity index (χ2v) is 4.17. The van der Waals surface area contributed by atoms with E-state index in [1.165, 1.54) is 30.5 Å². The smallest absolute Gasteiger partial charge is 0.0369 e. The highest BCUT2D eigenvalue weighted by molar-refractivity contribution is 5.35. The van der Waals surface area contributed by atoms with Gasteiger partial charge in [-0.25, -0.2) is 0 Å². The standard InChI is InChI=1S/C12H17N/c1-3-5-11-10(4-2)8-12(6-7-12)9-13-11/h3-5,13H,2,6-9H2,1H3/b5-3-. The van der Waals surface area contributed by atoms with Crippen LogP contribution in [-0.2, 0) is 0 Å². The van der Waals surface area contributed by atoms with Crippen LogP contribution < -0.4 is 5.32 Å². The molecule has 0 saturated heterocycles. The Morgan fingerprint density at radius 1 is 1.46 bits per heavy atom. The molecule has 0 radical (unpaired) electrons. The van der Waals surface area contributed by atoms with E-state index in [1.54, 1.807) is 0 Å². The van der Waals surface area contributed by atoms with Gasteiger partial charge in [0, 0.05) is 12.2 Å². The van der Waals surface area contributed by atoms with Gasteiger partial charge in [-0.3, -0.25) is 0 Å². The van der Waals surface area contributed by atoms with E-state index in [4.69, 9.17) is 0 Å². The zero-order chi connectivity index (χ0) is 9.31. The summed E-state index contributed by atoms with van der Waals surface area (Å²) in [6, 6.07) is 0. The Balaban J connectivity index is 2.21. The molecule has 70 valence electrons. The minimum atomic E-state index is 0.606. The van der Waals surface area contributed by atoms with Gasteiger partial charge in [0.25, 0.3) is 0 Å². The Labute approximate surface area is 80.2 Å². The number of hydrogen-bond donors (Lipinski definition) is 1. The molecule has 0 aromatic rings. The topological polar surface area (TPSA) is 12.0 Å². The normalized spacial score (nSPS) is 25.0. The van der Waals surface area contributed by atoms with E-state index in [-0.39, 0.29) is 0 Å². The summed E-state index contributed by atoms with van der Waals surface area (Å²) in [7, 11) is 0. The molecule has 1 heterocycles. The van der Waals surface area contributed by atoms with Crippen molar-refractivity contribution in [1.29, 1.82) is 0 Å². The molecule has 0 aromatic carbocycles. The Hall–Kier alpha value is -0.980. The van der Waals surface area contributed by atoms with Gasteiger partial charge in [0.05, 0.1) is 0 Å². The molecule has 1 aliphatic carbocycles. The lowest BCUT2D eigenvalue weighted by Crippen LogP contribution is -2.29. The summed E-state index contributed by atoms with van der Waals surface area (Å²) in [6.07, 6.45) is 10.2. The van der Waals surface area contributed by atoms with E-state index in [0.717, 1.165) is 6.54 Å². The van der Waals surface area contributed by atoms with E-state index in [9.17, 15) is 0 Å². The molecule has 1 saturated carbocycles. The minimum absolute atomic E-state index is 0.606. The Kier molecular flexibility index (Phi) is 2.03. The first-order valence-corrected chi connectivity index (χ1v) is 5.02. The zero-order valence-electron chi connectivity index (χ0n) is 8.27. The fraction of sp³-hybridized carbons (Fsp3) is 0.500. The maximum absolute atomic E-state index is 3.88. The molecule has 1 aliphatic heterocycles. The van der Waals surface area contributed by atoms with E-state index >= 15 is 0 Å². The molecule has 13 heavy (non-hydrogen) atoms.